The fourth-order valence-electron chi connectivity index (χ4n) is 3.01. The quantitative estimate of drug-likeness (QED) is 0.766. The van der Waals surface area contributed by atoms with E-state index in [2.05, 4.69) is 9.97 Å². The second-order valence-electron chi connectivity index (χ2n) is 6.45. The number of hydrogen-bond donors (Lipinski definition) is 2. The number of hydrogen-bond acceptors (Lipinski definition) is 3. The molecule has 3 aromatic rings. The molecular weight excluding hydrogens is 305 g/mol. The third-order valence-electron chi connectivity index (χ3n) is 3.96. The number of nitrogens with zero attached hydrogens (tertiary/aromatic N) is 2. The minimum absolute atomic E-state index is 0.111. The van der Waals surface area contributed by atoms with Gasteiger partial charge in [0.15, 0.2) is 0 Å². The van der Waals surface area contributed by atoms with Crippen LogP contribution in [0.5, 0.6) is 0 Å². The van der Waals surface area contributed by atoms with Crippen molar-refractivity contribution in [1.29, 1.82) is 5.26 Å². The first-order chi connectivity index (χ1) is 11.3. The molecule has 1 heterocycles. The molecule has 1 aromatic heterocycles. The van der Waals surface area contributed by atoms with Crippen LogP contribution in [0, 0.1) is 24.1 Å². The van der Waals surface area contributed by atoms with Gasteiger partial charge < -0.3 is 10.1 Å². The summed E-state index contributed by atoms with van der Waals surface area (Å²) >= 11 is 0. The number of rotatable bonds is 3. The van der Waals surface area contributed by atoms with E-state index >= 15 is 0 Å². The SMILES string of the molecule is Cc1nc2cc(-c3cc(CC#N)cc(F)c3C(C)(C)O)ccc2[nH]1. The Morgan fingerprint density at radius 1 is 1.29 bits per heavy atom. The first kappa shape index (κ1) is 16.2. The van der Waals surface area contributed by atoms with Gasteiger partial charge in [0.25, 0.3) is 0 Å². The van der Waals surface area contributed by atoms with E-state index in [-0.39, 0.29) is 12.0 Å². The Morgan fingerprint density at radius 2 is 2.04 bits per heavy atom. The summed E-state index contributed by atoms with van der Waals surface area (Å²) in [6, 6.07) is 10.7. The molecular formula is C19H18FN3O. The molecule has 0 bridgehead atoms. The molecule has 0 aliphatic rings. The Labute approximate surface area is 139 Å². The van der Waals surface area contributed by atoms with Crippen LogP contribution in [0.3, 0.4) is 0 Å². The average molecular weight is 323 g/mol. The third-order valence-corrected chi connectivity index (χ3v) is 3.96. The average Bonchev–Trinajstić information content (AvgIpc) is 2.84. The van der Waals surface area contributed by atoms with Crippen molar-refractivity contribution in [2.45, 2.75) is 32.8 Å². The van der Waals surface area contributed by atoms with Crippen LogP contribution < -0.4 is 0 Å². The van der Waals surface area contributed by atoms with Crippen molar-refractivity contribution in [2.75, 3.05) is 0 Å². The van der Waals surface area contributed by atoms with Gasteiger partial charge in [-0.15, -0.1) is 0 Å². The van der Waals surface area contributed by atoms with Crippen molar-refractivity contribution < 1.29 is 9.50 Å². The van der Waals surface area contributed by atoms with Gasteiger partial charge in [-0.05, 0) is 61.7 Å². The zero-order valence-electron chi connectivity index (χ0n) is 13.8. The van der Waals surface area contributed by atoms with Crippen molar-refractivity contribution in [2.24, 2.45) is 0 Å². The standard InChI is InChI=1S/C19H18FN3O/c1-11-22-16-5-4-13(10-17(16)23-11)14-8-12(6-7-21)9-15(20)18(14)19(2,3)24/h4-5,8-10,24H,6H2,1-3H3,(H,22,23). The second kappa shape index (κ2) is 5.73. The Morgan fingerprint density at radius 3 is 2.71 bits per heavy atom. The minimum atomic E-state index is -1.35. The summed E-state index contributed by atoms with van der Waals surface area (Å²) in [6.07, 6.45) is 0.111. The normalized spacial score (nSPS) is 11.7. The van der Waals surface area contributed by atoms with Crippen LogP contribution >= 0.6 is 0 Å². The van der Waals surface area contributed by atoms with E-state index in [1.165, 1.54) is 6.07 Å². The number of aryl methyl sites for hydroxylation is 1. The number of H-pyrrole nitrogens is 1. The van der Waals surface area contributed by atoms with Crippen molar-refractivity contribution in [3.63, 3.8) is 0 Å². The molecule has 0 atom stereocenters. The Hall–Kier alpha value is -2.71. The smallest absolute Gasteiger partial charge is 0.130 e. The zero-order chi connectivity index (χ0) is 17.5. The van der Waals surface area contributed by atoms with Gasteiger partial charge in [-0.3, -0.25) is 0 Å². The van der Waals surface area contributed by atoms with Gasteiger partial charge in [-0.1, -0.05) is 6.07 Å². The monoisotopic (exact) mass is 323 g/mol. The molecule has 0 saturated carbocycles. The molecule has 5 heteroatoms. The summed E-state index contributed by atoms with van der Waals surface area (Å²) in [6.45, 7) is 4.97. The predicted octanol–water partition coefficient (Wildman–Crippen LogP) is 3.97. The Bertz CT molecular complexity index is 961. The predicted molar refractivity (Wildman–Crippen MR) is 90.8 cm³/mol. The summed E-state index contributed by atoms with van der Waals surface area (Å²) in [5.41, 5.74) is 2.46. The van der Waals surface area contributed by atoms with Crippen molar-refractivity contribution in [1.82, 2.24) is 9.97 Å². The maximum atomic E-state index is 14.6. The first-order valence-electron chi connectivity index (χ1n) is 7.68. The summed E-state index contributed by atoms with van der Waals surface area (Å²) in [5, 5.41) is 19.3. The molecule has 0 aliphatic carbocycles. The lowest BCUT2D eigenvalue weighted by molar-refractivity contribution is 0.0752. The topological polar surface area (TPSA) is 72.7 Å². The summed E-state index contributed by atoms with van der Waals surface area (Å²) in [7, 11) is 0. The van der Waals surface area contributed by atoms with E-state index in [1.54, 1.807) is 19.9 Å². The van der Waals surface area contributed by atoms with Gasteiger partial charge in [0.05, 0.1) is 29.1 Å². The summed E-state index contributed by atoms with van der Waals surface area (Å²) in [4.78, 5) is 7.56. The van der Waals surface area contributed by atoms with Gasteiger partial charge in [-0.2, -0.15) is 5.26 Å². The highest BCUT2D eigenvalue weighted by Gasteiger charge is 2.26. The Balaban J connectivity index is 2.28. The molecule has 2 N–H and O–H groups in total. The maximum Gasteiger partial charge on any atom is 0.130 e. The highest BCUT2D eigenvalue weighted by Crippen LogP contribution is 2.36. The molecule has 24 heavy (non-hydrogen) atoms. The fraction of sp³-hybridized carbons (Fsp3) is 0.263. The van der Waals surface area contributed by atoms with Crippen molar-refractivity contribution in [3.8, 4) is 17.2 Å². The number of benzene rings is 2. The number of nitriles is 1. The number of fused-ring (bicyclic) bond motifs is 1. The molecule has 0 radical (unpaired) electrons. The van der Waals surface area contributed by atoms with E-state index in [9.17, 15) is 9.50 Å². The van der Waals surface area contributed by atoms with Crippen molar-refractivity contribution in [3.05, 3.63) is 53.1 Å². The van der Waals surface area contributed by atoms with Gasteiger partial charge in [0, 0.05) is 5.56 Å². The minimum Gasteiger partial charge on any atom is -0.386 e. The van der Waals surface area contributed by atoms with Crippen LogP contribution in [-0.4, -0.2) is 15.1 Å². The molecule has 0 amide bonds. The number of aromatic nitrogens is 2. The lowest BCUT2D eigenvalue weighted by Gasteiger charge is -2.23. The lowest BCUT2D eigenvalue weighted by Crippen LogP contribution is -2.19. The molecule has 0 spiro atoms. The highest BCUT2D eigenvalue weighted by molar-refractivity contribution is 5.83. The van der Waals surface area contributed by atoms with Crippen LogP contribution in [0.15, 0.2) is 30.3 Å². The van der Waals surface area contributed by atoms with Gasteiger partial charge in [-0.25, -0.2) is 9.37 Å². The maximum absolute atomic E-state index is 14.6. The first-order valence-corrected chi connectivity index (χ1v) is 7.68. The lowest BCUT2D eigenvalue weighted by atomic mass is 9.87. The number of halogens is 1. The van der Waals surface area contributed by atoms with Crippen molar-refractivity contribution >= 4 is 11.0 Å². The van der Waals surface area contributed by atoms with Crippen LogP contribution in [0.25, 0.3) is 22.2 Å². The van der Waals surface area contributed by atoms with Crippen LogP contribution in [0.2, 0.25) is 0 Å². The fourth-order valence-corrected chi connectivity index (χ4v) is 3.01. The molecule has 3 rings (SSSR count). The van der Waals surface area contributed by atoms with Gasteiger partial charge in [0.1, 0.15) is 11.6 Å². The number of aromatic amines is 1. The second-order valence-corrected chi connectivity index (χ2v) is 6.45. The number of imidazole rings is 1. The van der Waals surface area contributed by atoms with E-state index < -0.39 is 11.4 Å². The van der Waals surface area contributed by atoms with E-state index in [0.717, 1.165) is 22.4 Å². The van der Waals surface area contributed by atoms with Crippen LogP contribution in [0.4, 0.5) is 4.39 Å². The third kappa shape index (κ3) is 2.89. The van der Waals surface area contributed by atoms with Gasteiger partial charge in [0.2, 0.25) is 0 Å². The molecule has 4 nitrogen and oxygen atoms in total. The number of aliphatic hydroxyl groups is 1. The summed E-state index contributed by atoms with van der Waals surface area (Å²) < 4.78 is 14.6. The molecule has 0 unspecified atom stereocenters. The molecule has 122 valence electrons. The molecule has 0 fully saturated rings. The molecule has 0 saturated heterocycles. The zero-order valence-corrected chi connectivity index (χ0v) is 13.8. The number of nitrogens with one attached hydrogen (secondary N) is 1. The highest BCUT2D eigenvalue weighted by atomic mass is 19.1. The Kier molecular flexibility index (Phi) is 3.86. The van der Waals surface area contributed by atoms with E-state index in [0.29, 0.717) is 11.1 Å². The molecule has 0 aliphatic heterocycles. The van der Waals surface area contributed by atoms with E-state index in [1.807, 2.05) is 31.2 Å². The molecule has 2 aromatic carbocycles. The van der Waals surface area contributed by atoms with Crippen LogP contribution in [-0.2, 0) is 12.0 Å². The van der Waals surface area contributed by atoms with Gasteiger partial charge >= 0.3 is 0 Å². The van der Waals surface area contributed by atoms with E-state index in [4.69, 9.17) is 5.26 Å². The largest absolute Gasteiger partial charge is 0.386 e. The van der Waals surface area contributed by atoms with Crippen LogP contribution in [0.1, 0.15) is 30.8 Å². The summed E-state index contributed by atoms with van der Waals surface area (Å²) in [5.74, 6) is 0.290.